The number of hydrogen-bond acceptors (Lipinski definition) is 4. The van der Waals surface area contributed by atoms with Gasteiger partial charge in [0.15, 0.2) is 0 Å². The lowest BCUT2D eigenvalue weighted by atomic mass is 9.97. The van der Waals surface area contributed by atoms with Crippen molar-refractivity contribution in [3.8, 4) is 28.1 Å². The van der Waals surface area contributed by atoms with Crippen LogP contribution in [0.25, 0.3) is 22.4 Å². The molecule has 0 bridgehead atoms. The first-order valence-corrected chi connectivity index (χ1v) is 10.8. The van der Waals surface area contributed by atoms with E-state index in [1.54, 1.807) is 37.6 Å². The van der Waals surface area contributed by atoms with Crippen LogP contribution in [0.1, 0.15) is 26.3 Å². The molecule has 3 aromatic carbocycles. The molecule has 1 aromatic heterocycles. The summed E-state index contributed by atoms with van der Waals surface area (Å²) in [7, 11) is 1.63. The smallest absolute Gasteiger partial charge is 0.261 e. The molecule has 0 fully saturated rings. The summed E-state index contributed by atoms with van der Waals surface area (Å²) in [5.74, 6) is 0.180. The molecule has 2 amide bonds. The fourth-order valence-corrected chi connectivity index (χ4v) is 4.11. The number of carbonyl (C=O) groups is 2. The Labute approximate surface area is 196 Å². The number of methoxy groups -OCH3 is 1. The Kier molecular flexibility index (Phi) is 5.40. The number of carbonyl (C=O) groups excluding carboxylic acids is 2. The number of pyridine rings is 1. The van der Waals surface area contributed by atoms with Crippen molar-refractivity contribution >= 4 is 23.4 Å². The lowest BCUT2D eigenvalue weighted by Crippen LogP contribution is -2.29. The second kappa shape index (κ2) is 8.52. The van der Waals surface area contributed by atoms with E-state index in [0.29, 0.717) is 16.1 Å². The van der Waals surface area contributed by atoms with Crippen LogP contribution >= 0.6 is 11.6 Å². The van der Waals surface area contributed by atoms with Gasteiger partial charge in [-0.1, -0.05) is 35.9 Å². The van der Waals surface area contributed by atoms with E-state index in [1.807, 2.05) is 54.6 Å². The Bertz CT molecular complexity index is 1330. The zero-order chi connectivity index (χ0) is 22.9. The summed E-state index contributed by atoms with van der Waals surface area (Å²) >= 11 is 6.10. The molecule has 5 rings (SSSR count). The quantitative estimate of drug-likeness (QED) is 0.354. The van der Waals surface area contributed by atoms with Crippen LogP contribution in [0.4, 0.5) is 0 Å². The normalized spacial score (nSPS) is 12.7. The highest BCUT2D eigenvalue weighted by Gasteiger charge is 2.35. The maximum Gasteiger partial charge on any atom is 0.261 e. The van der Waals surface area contributed by atoms with E-state index in [-0.39, 0.29) is 18.4 Å². The van der Waals surface area contributed by atoms with E-state index < -0.39 is 0 Å². The highest BCUT2D eigenvalue weighted by atomic mass is 35.5. The van der Waals surface area contributed by atoms with Gasteiger partial charge in [-0.15, -0.1) is 0 Å². The molecular formula is C27H19ClN2O3. The van der Waals surface area contributed by atoms with Crippen molar-refractivity contribution < 1.29 is 14.3 Å². The SMILES string of the molecule is COc1ccc(-c2ncc(CN3C(=O)c4ccccc4C3=O)cc2-c2ccc(Cl)cc2)cc1. The molecule has 0 saturated heterocycles. The highest BCUT2D eigenvalue weighted by molar-refractivity contribution is 6.30. The van der Waals surface area contributed by atoms with Gasteiger partial charge >= 0.3 is 0 Å². The summed E-state index contributed by atoms with van der Waals surface area (Å²) in [5, 5.41) is 0.639. The molecule has 33 heavy (non-hydrogen) atoms. The summed E-state index contributed by atoms with van der Waals surface area (Å²) < 4.78 is 5.27. The Morgan fingerprint density at radius 2 is 1.42 bits per heavy atom. The molecule has 2 heterocycles. The molecule has 0 unspecified atom stereocenters. The van der Waals surface area contributed by atoms with Gasteiger partial charge in [0.25, 0.3) is 11.8 Å². The third-order valence-corrected chi connectivity index (χ3v) is 5.93. The van der Waals surface area contributed by atoms with Crippen LogP contribution in [0.5, 0.6) is 5.75 Å². The molecule has 6 heteroatoms. The van der Waals surface area contributed by atoms with Crippen molar-refractivity contribution in [3.05, 3.63) is 107 Å². The van der Waals surface area contributed by atoms with E-state index >= 15 is 0 Å². The summed E-state index contributed by atoms with van der Waals surface area (Å²) in [6.45, 7) is 0.142. The van der Waals surface area contributed by atoms with Crippen molar-refractivity contribution in [2.75, 3.05) is 7.11 Å². The molecule has 4 aromatic rings. The first-order valence-electron chi connectivity index (χ1n) is 10.4. The van der Waals surface area contributed by atoms with Crippen molar-refractivity contribution in [1.82, 2.24) is 9.88 Å². The number of halogens is 1. The maximum atomic E-state index is 12.8. The Morgan fingerprint density at radius 3 is 2.03 bits per heavy atom. The first kappa shape index (κ1) is 20.9. The van der Waals surface area contributed by atoms with Gasteiger partial charge < -0.3 is 4.74 Å². The fraction of sp³-hybridized carbons (Fsp3) is 0.0741. The molecule has 0 saturated carbocycles. The monoisotopic (exact) mass is 454 g/mol. The van der Waals surface area contributed by atoms with Gasteiger partial charge in [0.2, 0.25) is 0 Å². The van der Waals surface area contributed by atoms with E-state index in [0.717, 1.165) is 33.7 Å². The summed E-state index contributed by atoms with van der Waals surface area (Å²) in [5.41, 5.74) is 5.14. The second-order valence-electron chi connectivity index (χ2n) is 7.72. The number of benzene rings is 3. The average molecular weight is 455 g/mol. The van der Waals surface area contributed by atoms with Gasteiger partial charge in [0.1, 0.15) is 5.75 Å². The third-order valence-electron chi connectivity index (χ3n) is 5.68. The number of rotatable bonds is 5. The predicted molar refractivity (Wildman–Crippen MR) is 127 cm³/mol. The minimum absolute atomic E-state index is 0.142. The Morgan fingerprint density at radius 1 is 0.818 bits per heavy atom. The summed E-state index contributed by atoms with van der Waals surface area (Å²) in [6, 6.07) is 24.0. The van der Waals surface area contributed by atoms with Crippen molar-refractivity contribution in [2.24, 2.45) is 0 Å². The van der Waals surface area contributed by atoms with Gasteiger partial charge in [-0.3, -0.25) is 19.5 Å². The molecule has 0 N–H and O–H groups in total. The van der Waals surface area contributed by atoms with Gasteiger partial charge in [0, 0.05) is 22.3 Å². The molecule has 1 aliphatic heterocycles. The summed E-state index contributed by atoms with van der Waals surface area (Å²) in [6.07, 6.45) is 1.71. The molecular weight excluding hydrogens is 436 g/mol. The molecule has 5 nitrogen and oxygen atoms in total. The van der Waals surface area contributed by atoms with Gasteiger partial charge in [-0.2, -0.15) is 0 Å². The molecule has 162 valence electrons. The predicted octanol–water partition coefficient (Wildman–Crippen LogP) is 5.87. The topological polar surface area (TPSA) is 59.5 Å². The number of imide groups is 1. The number of hydrogen-bond donors (Lipinski definition) is 0. The zero-order valence-corrected chi connectivity index (χ0v) is 18.5. The number of fused-ring (bicyclic) bond motifs is 1. The van der Waals surface area contributed by atoms with Crippen LogP contribution in [0, 0.1) is 0 Å². The number of aromatic nitrogens is 1. The van der Waals surface area contributed by atoms with Crippen LogP contribution < -0.4 is 4.74 Å². The molecule has 0 radical (unpaired) electrons. The maximum absolute atomic E-state index is 12.8. The molecule has 0 aliphatic carbocycles. The third kappa shape index (κ3) is 3.88. The average Bonchev–Trinajstić information content (AvgIpc) is 3.09. The Balaban J connectivity index is 1.55. The van der Waals surface area contributed by atoms with Gasteiger partial charge in [-0.25, -0.2) is 0 Å². The summed E-state index contributed by atoms with van der Waals surface area (Å²) in [4.78, 5) is 31.6. The van der Waals surface area contributed by atoms with E-state index in [4.69, 9.17) is 21.3 Å². The zero-order valence-electron chi connectivity index (χ0n) is 17.8. The highest BCUT2D eigenvalue weighted by Crippen LogP contribution is 2.33. The number of nitrogens with zero attached hydrogens (tertiary/aromatic N) is 2. The van der Waals surface area contributed by atoms with Crippen LogP contribution in [0.2, 0.25) is 5.02 Å². The standard InChI is InChI=1S/C27H19ClN2O3/c1-33-21-12-8-19(9-13-21)25-24(18-6-10-20(28)11-7-18)14-17(15-29-25)16-30-26(31)22-4-2-3-5-23(22)27(30)32/h2-15H,16H2,1H3. The van der Waals surface area contributed by atoms with Gasteiger partial charge in [-0.05, 0) is 65.7 Å². The lowest BCUT2D eigenvalue weighted by Gasteiger charge is -2.16. The number of amides is 2. The van der Waals surface area contributed by atoms with Crippen LogP contribution in [0.15, 0.2) is 85.1 Å². The van der Waals surface area contributed by atoms with Gasteiger partial charge in [0.05, 0.1) is 30.5 Å². The van der Waals surface area contributed by atoms with Crippen LogP contribution in [0.3, 0.4) is 0 Å². The lowest BCUT2D eigenvalue weighted by molar-refractivity contribution is 0.0642. The van der Waals surface area contributed by atoms with E-state index in [9.17, 15) is 9.59 Å². The van der Waals surface area contributed by atoms with Crippen molar-refractivity contribution in [3.63, 3.8) is 0 Å². The first-order chi connectivity index (χ1) is 16.0. The minimum Gasteiger partial charge on any atom is -0.497 e. The minimum atomic E-state index is -0.289. The second-order valence-corrected chi connectivity index (χ2v) is 8.15. The molecule has 0 atom stereocenters. The molecule has 1 aliphatic rings. The number of ether oxygens (including phenoxy) is 1. The van der Waals surface area contributed by atoms with Crippen molar-refractivity contribution in [1.29, 1.82) is 0 Å². The van der Waals surface area contributed by atoms with Crippen LogP contribution in [-0.2, 0) is 6.54 Å². The van der Waals surface area contributed by atoms with Crippen LogP contribution in [-0.4, -0.2) is 28.8 Å². The Hall–Kier alpha value is -3.96. The molecule has 0 spiro atoms. The fourth-order valence-electron chi connectivity index (χ4n) is 3.99. The largest absolute Gasteiger partial charge is 0.497 e. The van der Waals surface area contributed by atoms with E-state index in [2.05, 4.69) is 0 Å². The van der Waals surface area contributed by atoms with E-state index in [1.165, 1.54) is 4.90 Å². The van der Waals surface area contributed by atoms with Crippen molar-refractivity contribution in [2.45, 2.75) is 6.54 Å².